The number of hydrogen-bond donors (Lipinski definition) is 1. The van der Waals surface area contributed by atoms with Crippen LogP contribution in [0.25, 0.3) is 0 Å². The average Bonchev–Trinajstić information content (AvgIpc) is 3.01. The van der Waals surface area contributed by atoms with Crippen molar-refractivity contribution in [3.05, 3.63) is 89.0 Å². The van der Waals surface area contributed by atoms with Crippen LogP contribution in [-0.4, -0.2) is 31.0 Å². The maximum atomic E-state index is 13.5. The number of ether oxygens (including phenoxy) is 2. The zero-order valence-electron chi connectivity index (χ0n) is 18.3. The van der Waals surface area contributed by atoms with Crippen LogP contribution >= 0.6 is 0 Å². The van der Waals surface area contributed by atoms with Gasteiger partial charge in [-0.15, -0.1) is 0 Å². The smallest absolute Gasteiger partial charge is 0.264 e. The molecule has 0 bridgehead atoms. The van der Waals surface area contributed by atoms with Gasteiger partial charge in [0.2, 0.25) is 0 Å². The van der Waals surface area contributed by atoms with Gasteiger partial charge in [0.1, 0.15) is 0 Å². The largest absolute Gasteiger partial charge is 0.493 e. The van der Waals surface area contributed by atoms with Crippen molar-refractivity contribution in [1.82, 2.24) is 0 Å². The van der Waals surface area contributed by atoms with Gasteiger partial charge >= 0.3 is 0 Å². The van der Waals surface area contributed by atoms with Gasteiger partial charge in [0.25, 0.3) is 5.91 Å². The number of fused-ring (bicyclic) bond motifs is 1. The van der Waals surface area contributed by atoms with Crippen molar-refractivity contribution in [2.45, 2.75) is 25.5 Å². The third-order valence-corrected chi connectivity index (χ3v) is 5.82. The molecule has 6 nitrogen and oxygen atoms in total. The predicted octanol–water partition coefficient (Wildman–Crippen LogP) is 4.02. The summed E-state index contributed by atoms with van der Waals surface area (Å²) in [6.07, 6.45) is -0.325. The highest BCUT2D eigenvalue weighted by atomic mass is 16.5. The summed E-state index contributed by atoms with van der Waals surface area (Å²) in [5, 5.41) is 11.5. The highest BCUT2D eigenvalue weighted by Crippen LogP contribution is 2.44. The second kappa shape index (κ2) is 8.48. The lowest BCUT2D eigenvalue weighted by molar-refractivity contribution is -0.136. The van der Waals surface area contributed by atoms with Crippen molar-refractivity contribution in [2.24, 2.45) is 0 Å². The van der Waals surface area contributed by atoms with Crippen LogP contribution in [0.2, 0.25) is 0 Å². The van der Waals surface area contributed by atoms with Crippen molar-refractivity contribution < 1.29 is 24.2 Å². The number of benzene rings is 3. The summed E-state index contributed by atoms with van der Waals surface area (Å²) in [4.78, 5) is 27.9. The number of methoxy groups -OCH3 is 2. The van der Waals surface area contributed by atoms with Crippen LogP contribution in [0.1, 0.15) is 33.5 Å². The zero-order valence-corrected chi connectivity index (χ0v) is 18.3. The molecule has 1 amide bonds. The summed E-state index contributed by atoms with van der Waals surface area (Å²) in [6, 6.07) is 19.6. The van der Waals surface area contributed by atoms with Crippen molar-refractivity contribution in [3.63, 3.8) is 0 Å². The zero-order chi connectivity index (χ0) is 22.9. The van der Waals surface area contributed by atoms with E-state index in [-0.39, 0.29) is 18.7 Å². The van der Waals surface area contributed by atoms with E-state index in [4.69, 9.17) is 9.47 Å². The summed E-state index contributed by atoms with van der Waals surface area (Å²) in [5.74, 6) is 0.330. The van der Waals surface area contributed by atoms with Gasteiger partial charge in [-0.05, 0) is 30.7 Å². The molecule has 0 fully saturated rings. The van der Waals surface area contributed by atoms with E-state index in [9.17, 15) is 14.7 Å². The molecule has 0 aliphatic carbocycles. The molecule has 0 unspecified atom stereocenters. The molecule has 1 N–H and O–H groups in total. The fourth-order valence-corrected chi connectivity index (χ4v) is 4.07. The number of carbonyl (C=O) groups is 2. The molecule has 1 aliphatic rings. The van der Waals surface area contributed by atoms with Crippen molar-refractivity contribution in [3.8, 4) is 11.5 Å². The molecule has 164 valence electrons. The Hall–Kier alpha value is -3.64. The van der Waals surface area contributed by atoms with Gasteiger partial charge in [0, 0.05) is 11.1 Å². The molecular weight excluding hydrogens is 406 g/mol. The van der Waals surface area contributed by atoms with Crippen LogP contribution in [0.4, 0.5) is 5.69 Å². The summed E-state index contributed by atoms with van der Waals surface area (Å²) in [7, 11) is 3.11. The van der Waals surface area contributed by atoms with E-state index in [1.165, 1.54) is 4.90 Å². The molecule has 0 spiro atoms. The van der Waals surface area contributed by atoms with E-state index in [0.29, 0.717) is 28.3 Å². The number of amides is 1. The van der Waals surface area contributed by atoms with E-state index >= 15 is 0 Å². The summed E-state index contributed by atoms with van der Waals surface area (Å²) in [5.41, 5.74) is 1.41. The number of ketones is 1. The van der Waals surface area contributed by atoms with E-state index < -0.39 is 11.5 Å². The lowest BCUT2D eigenvalue weighted by Gasteiger charge is -2.23. The molecule has 0 saturated heterocycles. The normalized spacial score (nSPS) is 17.2. The molecular formula is C26H25NO5. The first kappa shape index (κ1) is 21.6. The molecule has 1 heterocycles. The fraction of sp³-hybridized carbons (Fsp3) is 0.231. The highest BCUT2D eigenvalue weighted by Gasteiger charge is 2.50. The number of anilines is 1. The molecule has 4 rings (SSSR count). The maximum Gasteiger partial charge on any atom is 0.264 e. The Morgan fingerprint density at radius 2 is 1.66 bits per heavy atom. The van der Waals surface area contributed by atoms with Gasteiger partial charge in [-0.25, -0.2) is 0 Å². The van der Waals surface area contributed by atoms with Gasteiger partial charge in [-0.2, -0.15) is 0 Å². The number of hydrogen-bond acceptors (Lipinski definition) is 5. The van der Waals surface area contributed by atoms with E-state index in [2.05, 4.69) is 0 Å². The van der Waals surface area contributed by atoms with Crippen LogP contribution < -0.4 is 14.4 Å². The monoisotopic (exact) mass is 431 g/mol. The van der Waals surface area contributed by atoms with Gasteiger partial charge in [0.15, 0.2) is 22.9 Å². The number of para-hydroxylation sites is 1. The highest BCUT2D eigenvalue weighted by molar-refractivity contribution is 6.10. The first-order chi connectivity index (χ1) is 15.4. The number of aliphatic hydroxyl groups is 1. The Kier molecular flexibility index (Phi) is 5.72. The van der Waals surface area contributed by atoms with E-state index in [1.807, 2.05) is 25.1 Å². The van der Waals surface area contributed by atoms with Crippen molar-refractivity contribution in [2.75, 3.05) is 19.1 Å². The van der Waals surface area contributed by atoms with Crippen LogP contribution in [0.5, 0.6) is 11.5 Å². The average molecular weight is 431 g/mol. The minimum atomic E-state index is -1.92. The number of rotatable bonds is 7. The number of aryl methyl sites for hydroxylation is 1. The van der Waals surface area contributed by atoms with Gasteiger partial charge in [0.05, 0.1) is 32.9 Å². The summed E-state index contributed by atoms with van der Waals surface area (Å²) in [6.45, 7) is 2.15. The van der Waals surface area contributed by atoms with Gasteiger partial charge in [-0.3, -0.25) is 9.59 Å². The quantitative estimate of drug-likeness (QED) is 0.572. The van der Waals surface area contributed by atoms with Crippen LogP contribution in [0, 0.1) is 6.92 Å². The second-order valence-electron chi connectivity index (χ2n) is 7.92. The number of carbonyl (C=O) groups excluding carboxylic acids is 2. The second-order valence-corrected chi connectivity index (χ2v) is 7.92. The first-order valence-corrected chi connectivity index (χ1v) is 10.3. The molecule has 32 heavy (non-hydrogen) atoms. The molecule has 0 aromatic heterocycles. The third-order valence-electron chi connectivity index (χ3n) is 5.82. The topological polar surface area (TPSA) is 76.1 Å². The van der Waals surface area contributed by atoms with Gasteiger partial charge in [-0.1, -0.05) is 54.1 Å². The molecule has 1 atom stereocenters. The molecule has 0 radical (unpaired) electrons. The minimum absolute atomic E-state index is 0.219. The minimum Gasteiger partial charge on any atom is -0.493 e. The molecule has 3 aromatic rings. The molecule has 6 heteroatoms. The molecule has 1 aliphatic heterocycles. The predicted molar refractivity (Wildman–Crippen MR) is 121 cm³/mol. The Morgan fingerprint density at radius 1 is 0.969 bits per heavy atom. The number of nitrogens with zero attached hydrogens (tertiary/aromatic N) is 1. The standard InChI is InChI=1S/C26H25NO5/c1-17-8-11-19(12-9-17)22(28)15-26(30)20-6-4-5-7-21(20)27(25(26)29)16-18-10-13-23(31-2)24(14-18)32-3/h4-14,30H,15-16H2,1-3H3/t26-/m1/s1. The lowest BCUT2D eigenvalue weighted by Crippen LogP contribution is -2.41. The maximum absolute atomic E-state index is 13.5. The third kappa shape index (κ3) is 3.74. The summed E-state index contributed by atoms with van der Waals surface area (Å²) >= 11 is 0. The Bertz CT molecular complexity index is 1170. The molecule has 0 saturated carbocycles. The molecule has 3 aromatic carbocycles. The van der Waals surface area contributed by atoms with E-state index in [1.54, 1.807) is 62.8 Å². The van der Waals surface area contributed by atoms with Crippen LogP contribution in [-0.2, 0) is 16.9 Å². The Balaban J connectivity index is 1.66. The SMILES string of the molecule is COc1ccc(CN2C(=O)[C@@](O)(CC(=O)c3ccc(C)cc3)c3ccccc32)cc1OC. The van der Waals surface area contributed by atoms with Crippen LogP contribution in [0.3, 0.4) is 0 Å². The first-order valence-electron chi connectivity index (χ1n) is 10.3. The van der Waals surface area contributed by atoms with E-state index in [0.717, 1.165) is 11.1 Å². The number of Topliss-reactive ketones (excluding diaryl/α,β-unsaturated/α-hetero) is 1. The van der Waals surface area contributed by atoms with Gasteiger partial charge < -0.3 is 19.5 Å². The Morgan fingerprint density at radius 3 is 2.34 bits per heavy atom. The van der Waals surface area contributed by atoms with Crippen molar-refractivity contribution >= 4 is 17.4 Å². The summed E-state index contributed by atoms with van der Waals surface area (Å²) < 4.78 is 10.6. The van der Waals surface area contributed by atoms with Crippen molar-refractivity contribution in [1.29, 1.82) is 0 Å². The van der Waals surface area contributed by atoms with Crippen LogP contribution in [0.15, 0.2) is 66.7 Å². The Labute approximate surface area is 187 Å². The lowest BCUT2D eigenvalue weighted by atomic mass is 9.88. The fourth-order valence-electron chi connectivity index (χ4n) is 4.07.